The lowest BCUT2D eigenvalue weighted by Crippen LogP contribution is -2.27. The predicted molar refractivity (Wildman–Crippen MR) is 109 cm³/mol. The van der Waals surface area contributed by atoms with E-state index in [1.165, 1.54) is 28.8 Å². The van der Waals surface area contributed by atoms with Gasteiger partial charge in [0.05, 0.1) is 11.4 Å². The minimum atomic E-state index is -0.938. The number of phenols is 1. The summed E-state index contributed by atoms with van der Waals surface area (Å²) < 4.78 is 35.3. The lowest BCUT2D eigenvalue weighted by atomic mass is 9.97. The zero-order chi connectivity index (χ0) is 22.4. The molecule has 0 saturated heterocycles. The number of nitrogens with zero attached hydrogens (tertiary/aromatic N) is 1. The molecule has 3 aromatic rings. The summed E-state index contributed by atoms with van der Waals surface area (Å²) in [6.45, 7) is 8.27. The van der Waals surface area contributed by atoms with Crippen LogP contribution >= 0.6 is 0 Å². The summed E-state index contributed by atoms with van der Waals surface area (Å²) in [7, 11) is 0. The highest BCUT2D eigenvalue weighted by Crippen LogP contribution is 2.38. The van der Waals surface area contributed by atoms with E-state index in [1.807, 2.05) is 0 Å². The fourth-order valence-electron chi connectivity index (χ4n) is 3.53. The van der Waals surface area contributed by atoms with Crippen molar-refractivity contribution in [3.05, 3.63) is 64.9 Å². The Hall–Kier alpha value is -3.22. The fourth-order valence-corrected chi connectivity index (χ4v) is 3.53. The van der Waals surface area contributed by atoms with Gasteiger partial charge in [-0.05, 0) is 70.5 Å². The lowest BCUT2D eigenvalue weighted by molar-refractivity contribution is -0.156. The van der Waals surface area contributed by atoms with Crippen molar-refractivity contribution in [2.75, 3.05) is 0 Å². The van der Waals surface area contributed by atoms with Crippen LogP contribution in [0.4, 0.5) is 8.78 Å². The fraction of sp³-hybridized carbons (Fsp3) is 0.304. The van der Waals surface area contributed by atoms with Crippen molar-refractivity contribution in [2.45, 2.75) is 46.1 Å². The van der Waals surface area contributed by atoms with Crippen molar-refractivity contribution < 1.29 is 28.2 Å². The summed E-state index contributed by atoms with van der Waals surface area (Å²) >= 11 is 0. The number of rotatable bonds is 3. The highest BCUT2D eigenvalue weighted by molar-refractivity contribution is 6.05. The molecule has 0 fully saturated rings. The van der Waals surface area contributed by atoms with Crippen LogP contribution in [-0.2, 0) is 9.53 Å². The Balaban J connectivity index is 2.26. The highest BCUT2D eigenvalue weighted by atomic mass is 19.1. The van der Waals surface area contributed by atoms with Gasteiger partial charge in [-0.3, -0.25) is 14.2 Å². The molecule has 0 aliphatic heterocycles. The van der Waals surface area contributed by atoms with E-state index in [4.69, 9.17) is 4.74 Å². The summed E-state index contributed by atoms with van der Waals surface area (Å²) in [6.07, 6.45) is 0. The number of fused-ring (bicyclic) bond motifs is 1. The Morgan fingerprint density at radius 1 is 1.13 bits per heavy atom. The number of benzene rings is 2. The third kappa shape index (κ3) is 3.79. The predicted octanol–water partition coefficient (Wildman–Crippen LogP) is 5.07. The Labute approximate surface area is 172 Å². The number of esters is 1. The second kappa shape index (κ2) is 7.55. The molecular weight excluding hydrogens is 392 g/mol. The molecule has 7 heteroatoms. The summed E-state index contributed by atoms with van der Waals surface area (Å²) in [4.78, 5) is 25.9. The van der Waals surface area contributed by atoms with Crippen LogP contribution in [0.5, 0.6) is 5.75 Å². The molecule has 0 saturated carbocycles. The Morgan fingerprint density at radius 2 is 1.80 bits per heavy atom. The Bertz CT molecular complexity index is 1160. The maximum absolute atomic E-state index is 15.0. The standard InChI is InChI=1S/C23H23F2NO4/c1-12(22(29)30-23(3,4)5)18-13(2)26(16-9-10-17(27)20(25)19(16)18)21(28)14-7-6-8-15(24)11-14/h6-12,27H,1-5H3. The molecular formula is C23H23F2NO4. The molecule has 0 aliphatic rings. The van der Waals surface area contributed by atoms with Crippen LogP contribution in [-0.4, -0.2) is 27.2 Å². The van der Waals surface area contributed by atoms with Gasteiger partial charge < -0.3 is 9.84 Å². The minimum absolute atomic E-state index is 0.0457. The number of phenolic OH excluding ortho intramolecular Hbond substituents is 1. The average Bonchev–Trinajstić information content (AvgIpc) is 2.94. The Morgan fingerprint density at radius 3 is 2.40 bits per heavy atom. The van der Waals surface area contributed by atoms with Gasteiger partial charge in [0.15, 0.2) is 11.6 Å². The molecule has 1 heterocycles. The van der Waals surface area contributed by atoms with Crippen molar-refractivity contribution >= 4 is 22.8 Å². The molecule has 0 spiro atoms. The minimum Gasteiger partial charge on any atom is -0.505 e. The van der Waals surface area contributed by atoms with E-state index in [2.05, 4.69) is 0 Å². The molecule has 30 heavy (non-hydrogen) atoms. The first-order valence-electron chi connectivity index (χ1n) is 9.48. The summed E-state index contributed by atoms with van der Waals surface area (Å²) in [5, 5.41) is 9.86. The van der Waals surface area contributed by atoms with E-state index in [9.17, 15) is 23.5 Å². The molecule has 0 radical (unpaired) electrons. The molecule has 0 aliphatic carbocycles. The first-order chi connectivity index (χ1) is 13.9. The molecule has 1 N–H and O–H groups in total. The van der Waals surface area contributed by atoms with E-state index < -0.39 is 40.8 Å². The van der Waals surface area contributed by atoms with Crippen molar-refractivity contribution in [1.82, 2.24) is 4.57 Å². The number of carbonyl (C=O) groups is 2. The topological polar surface area (TPSA) is 68.5 Å². The summed E-state index contributed by atoms with van der Waals surface area (Å²) in [5.41, 5.74) is 0.0253. The normalized spacial score (nSPS) is 12.8. The average molecular weight is 415 g/mol. The molecule has 0 amide bonds. The number of ether oxygens (including phenoxy) is 1. The van der Waals surface area contributed by atoms with Gasteiger partial charge in [-0.2, -0.15) is 0 Å². The van der Waals surface area contributed by atoms with Gasteiger partial charge in [0, 0.05) is 16.6 Å². The number of carbonyl (C=O) groups excluding carboxylic acids is 2. The van der Waals surface area contributed by atoms with Gasteiger partial charge >= 0.3 is 5.97 Å². The largest absolute Gasteiger partial charge is 0.505 e. The van der Waals surface area contributed by atoms with Crippen LogP contribution in [0.1, 0.15) is 55.2 Å². The van der Waals surface area contributed by atoms with E-state index in [0.29, 0.717) is 5.69 Å². The molecule has 1 unspecified atom stereocenters. The molecule has 0 bridgehead atoms. The number of hydrogen-bond acceptors (Lipinski definition) is 4. The number of aromatic nitrogens is 1. The maximum atomic E-state index is 15.0. The van der Waals surface area contributed by atoms with Gasteiger partial charge in [0.1, 0.15) is 11.4 Å². The number of halogens is 2. The van der Waals surface area contributed by atoms with E-state index >= 15 is 0 Å². The van der Waals surface area contributed by atoms with Crippen LogP contribution in [0.2, 0.25) is 0 Å². The SMILES string of the molecule is Cc1c(C(C)C(=O)OC(C)(C)C)c2c(F)c(O)ccc2n1C(=O)c1cccc(F)c1. The third-order valence-electron chi connectivity index (χ3n) is 4.80. The first kappa shape index (κ1) is 21.5. The van der Waals surface area contributed by atoms with Gasteiger partial charge in [-0.15, -0.1) is 0 Å². The Kier molecular flexibility index (Phi) is 5.41. The third-order valence-corrected chi connectivity index (χ3v) is 4.80. The zero-order valence-electron chi connectivity index (χ0n) is 17.4. The summed E-state index contributed by atoms with van der Waals surface area (Å²) in [6, 6.07) is 7.68. The number of aromatic hydroxyl groups is 1. The molecule has 3 rings (SSSR count). The summed E-state index contributed by atoms with van der Waals surface area (Å²) in [5.74, 6) is -4.21. The van der Waals surface area contributed by atoms with Crippen molar-refractivity contribution in [2.24, 2.45) is 0 Å². The van der Waals surface area contributed by atoms with Crippen molar-refractivity contribution in [3.63, 3.8) is 0 Å². The first-order valence-corrected chi connectivity index (χ1v) is 9.48. The van der Waals surface area contributed by atoms with Crippen LogP contribution in [0, 0.1) is 18.6 Å². The van der Waals surface area contributed by atoms with Crippen molar-refractivity contribution in [1.29, 1.82) is 0 Å². The van der Waals surface area contributed by atoms with Gasteiger partial charge in [-0.25, -0.2) is 8.78 Å². The quantitative estimate of drug-likeness (QED) is 0.607. The second-order valence-corrected chi connectivity index (χ2v) is 8.20. The molecule has 2 aromatic carbocycles. The van der Waals surface area contributed by atoms with Crippen LogP contribution in [0.3, 0.4) is 0 Å². The molecule has 1 aromatic heterocycles. The van der Waals surface area contributed by atoms with E-state index in [-0.39, 0.29) is 22.0 Å². The molecule has 1 atom stereocenters. The van der Waals surface area contributed by atoms with Gasteiger partial charge in [0.25, 0.3) is 5.91 Å². The monoisotopic (exact) mass is 415 g/mol. The van der Waals surface area contributed by atoms with Crippen LogP contribution in [0.25, 0.3) is 10.9 Å². The van der Waals surface area contributed by atoms with Crippen LogP contribution < -0.4 is 0 Å². The van der Waals surface area contributed by atoms with E-state index in [0.717, 1.165) is 12.1 Å². The van der Waals surface area contributed by atoms with Gasteiger partial charge in [-0.1, -0.05) is 6.07 Å². The second-order valence-electron chi connectivity index (χ2n) is 8.20. The zero-order valence-corrected chi connectivity index (χ0v) is 17.4. The highest BCUT2D eigenvalue weighted by Gasteiger charge is 2.31. The van der Waals surface area contributed by atoms with Crippen molar-refractivity contribution in [3.8, 4) is 5.75 Å². The smallest absolute Gasteiger partial charge is 0.313 e. The van der Waals surface area contributed by atoms with E-state index in [1.54, 1.807) is 34.6 Å². The maximum Gasteiger partial charge on any atom is 0.313 e. The van der Waals surface area contributed by atoms with Crippen LogP contribution in [0.15, 0.2) is 36.4 Å². The molecule has 5 nitrogen and oxygen atoms in total. The van der Waals surface area contributed by atoms with Gasteiger partial charge in [0.2, 0.25) is 0 Å². The lowest BCUT2D eigenvalue weighted by Gasteiger charge is -2.22. The number of hydrogen-bond donors (Lipinski definition) is 1. The molecule has 158 valence electrons.